The van der Waals surface area contributed by atoms with Crippen LogP contribution in [-0.4, -0.2) is 34.1 Å². The Morgan fingerprint density at radius 2 is 2.31 bits per heavy atom. The van der Waals surface area contributed by atoms with E-state index in [0.29, 0.717) is 17.5 Å². The zero-order valence-electron chi connectivity index (χ0n) is 9.06. The van der Waals surface area contributed by atoms with Gasteiger partial charge in [-0.05, 0) is 6.92 Å². The molecule has 0 bridgehead atoms. The highest BCUT2D eigenvalue weighted by Crippen LogP contribution is 2.12. The molecule has 0 aliphatic carbocycles. The standard InChI is InChI=1S/C10H14N2O3S/c1-2-15-9(14)4-3-8(13)7-16-10-11-5-6-12-10/h5-6H,2-4,7H2,1H3,(H,11,12). The van der Waals surface area contributed by atoms with Crippen LogP contribution in [0.4, 0.5) is 0 Å². The number of thioether (sulfide) groups is 1. The Labute approximate surface area is 98.0 Å². The summed E-state index contributed by atoms with van der Waals surface area (Å²) in [5, 5.41) is 0.712. The van der Waals surface area contributed by atoms with Crippen LogP contribution in [0.3, 0.4) is 0 Å². The maximum Gasteiger partial charge on any atom is 0.306 e. The summed E-state index contributed by atoms with van der Waals surface area (Å²) in [4.78, 5) is 29.2. The fourth-order valence-electron chi connectivity index (χ4n) is 1.03. The Kier molecular flexibility index (Phi) is 5.63. The molecule has 0 atom stereocenters. The predicted molar refractivity (Wildman–Crippen MR) is 60.2 cm³/mol. The minimum Gasteiger partial charge on any atom is -0.466 e. The van der Waals surface area contributed by atoms with Crippen LogP contribution in [-0.2, 0) is 14.3 Å². The smallest absolute Gasteiger partial charge is 0.306 e. The van der Waals surface area contributed by atoms with Crippen molar-refractivity contribution in [1.29, 1.82) is 0 Å². The average molecular weight is 242 g/mol. The van der Waals surface area contributed by atoms with Gasteiger partial charge in [0.05, 0.1) is 18.8 Å². The quantitative estimate of drug-likeness (QED) is 0.578. The number of imidazole rings is 1. The summed E-state index contributed by atoms with van der Waals surface area (Å²) in [7, 11) is 0. The molecule has 1 aromatic rings. The number of nitrogens with one attached hydrogen (secondary N) is 1. The predicted octanol–water partition coefficient (Wildman–Crippen LogP) is 1.41. The van der Waals surface area contributed by atoms with Crippen molar-refractivity contribution in [2.24, 2.45) is 0 Å². The van der Waals surface area contributed by atoms with Gasteiger partial charge >= 0.3 is 5.97 Å². The molecular weight excluding hydrogens is 228 g/mol. The number of esters is 1. The number of H-pyrrole nitrogens is 1. The number of ether oxygens (including phenoxy) is 1. The molecule has 0 aromatic carbocycles. The van der Waals surface area contributed by atoms with Crippen LogP contribution in [0.15, 0.2) is 17.6 Å². The van der Waals surface area contributed by atoms with E-state index < -0.39 is 0 Å². The minimum absolute atomic E-state index is 0.0226. The molecule has 1 heterocycles. The van der Waals surface area contributed by atoms with E-state index in [1.54, 1.807) is 19.3 Å². The van der Waals surface area contributed by atoms with E-state index in [1.165, 1.54) is 11.8 Å². The van der Waals surface area contributed by atoms with Gasteiger partial charge in [-0.25, -0.2) is 4.98 Å². The van der Waals surface area contributed by atoms with Gasteiger partial charge in [0.15, 0.2) is 5.16 Å². The normalized spacial score (nSPS) is 10.1. The van der Waals surface area contributed by atoms with Crippen molar-refractivity contribution in [3.05, 3.63) is 12.4 Å². The fraction of sp³-hybridized carbons (Fsp3) is 0.500. The molecule has 0 spiro atoms. The molecule has 88 valence electrons. The molecule has 1 N–H and O–H groups in total. The molecule has 0 aliphatic rings. The lowest BCUT2D eigenvalue weighted by molar-refractivity contribution is -0.144. The van der Waals surface area contributed by atoms with E-state index in [4.69, 9.17) is 4.74 Å². The minimum atomic E-state index is -0.321. The Balaban J connectivity index is 2.14. The second kappa shape index (κ2) is 7.05. The summed E-state index contributed by atoms with van der Waals surface area (Å²) in [6.45, 7) is 2.10. The molecule has 0 radical (unpaired) electrons. The van der Waals surface area contributed by atoms with Gasteiger partial charge in [0.25, 0.3) is 0 Å². The molecule has 0 aliphatic heterocycles. The first-order chi connectivity index (χ1) is 7.72. The van der Waals surface area contributed by atoms with Crippen molar-refractivity contribution in [3.63, 3.8) is 0 Å². The lowest BCUT2D eigenvalue weighted by Gasteiger charge is -2.00. The second-order valence-corrected chi connectivity index (χ2v) is 3.99. The van der Waals surface area contributed by atoms with E-state index in [-0.39, 0.29) is 24.6 Å². The summed E-state index contributed by atoms with van der Waals surface area (Å²) in [6.07, 6.45) is 3.72. The van der Waals surface area contributed by atoms with Crippen LogP contribution in [0.25, 0.3) is 0 Å². The fourth-order valence-corrected chi connectivity index (χ4v) is 1.75. The lowest BCUT2D eigenvalue weighted by atomic mass is 10.2. The van der Waals surface area contributed by atoms with Crippen LogP contribution < -0.4 is 0 Å². The average Bonchev–Trinajstić information content (AvgIpc) is 2.77. The molecule has 0 amide bonds. The highest BCUT2D eigenvalue weighted by Gasteiger charge is 2.08. The number of aromatic amines is 1. The van der Waals surface area contributed by atoms with Crippen molar-refractivity contribution < 1.29 is 14.3 Å². The van der Waals surface area contributed by atoms with Crippen molar-refractivity contribution in [3.8, 4) is 0 Å². The van der Waals surface area contributed by atoms with E-state index in [1.807, 2.05) is 0 Å². The molecule has 6 heteroatoms. The van der Waals surface area contributed by atoms with Gasteiger partial charge < -0.3 is 9.72 Å². The Morgan fingerprint density at radius 3 is 2.94 bits per heavy atom. The zero-order valence-corrected chi connectivity index (χ0v) is 9.88. The van der Waals surface area contributed by atoms with Crippen molar-refractivity contribution >= 4 is 23.5 Å². The van der Waals surface area contributed by atoms with Gasteiger partial charge in [-0.1, -0.05) is 11.8 Å². The van der Waals surface area contributed by atoms with E-state index in [2.05, 4.69) is 9.97 Å². The molecule has 0 fully saturated rings. The van der Waals surface area contributed by atoms with Gasteiger partial charge in [0.1, 0.15) is 5.78 Å². The van der Waals surface area contributed by atoms with Gasteiger partial charge in [0.2, 0.25) is 0 Å². The van der Waals surface area contributed by atoms with Crippen LogP contribution in [0.5, 0.6) is 0 Å². The third-order valence-corrected chi connectivity index (χ3v) is 2.72. The number of ketones is 1. The number of rotatable bonds is 7. The first-order valence-electron chi connectivity index (χ1n) is 5.02. The SMILES string of the molecule is CCOC(=O)CCC(=O)CSc1ncc[nH]1. The molecule has 0 saturated carbocycles. The highest BCUT2D eigenvalue weighted by molar-refractivity contribution is 7.99. The summed E-state index contributed by atoms with van der Waals surface area (Å²) >= 11 is 1.33. The summed E-state index contributed by atoms with van der Waals surface area (Å²) in [5.74, 6) is 0.0284. The van der Waals surface area contributed by atoms with Gasteiger partial charge in [-0.15, -0.1) is 0 Å². The summed E-state index contributed by atoms with van der Waals surface area (Å²) in [6, 6.07) is 0. The summed E-state index contributed by atoms with van der Waals surface area (Å²) in [5.41, 5.74) is 0. The van der Waals surface area contributed by atoms with E-state index in [0.717, 1.165) is 0 Å². The molecular formula is C10H14N2O3S. The third-order valence-electron chi connectivity index (χ3n) is 1.76. The Bertz CT molecular complexity index is 338. The molecule has 16 heavy (non-hydrogen) atoms. The van der Waals surface area contributed by atoms with Gasteiger partial charge in [0, 0.05) is 18.8 Å². The largest absolute Gasteiger partial charge is 0.466 e. The molecule has 0 saturated heterocycles. The number of carbonyl (C=O) groups excluding carboxylic acids is 2. The molecule has 0 unspecified atom stereocenters. The van der Waals surface area contributed by atoms with Gasteiger partial charge in [-0.2, -0.15) is 0 Å². The number of Topliss-reactive ketones (excluding diaryl/α,β-unsaturated/α-hetero) is 1. The van der Waals surface area contributed by atoms with E-state index >= 15 is 0 Å². The van der Waals surface area contributed by atoms with Crippen LogP contribution in [0, 0.1) is 0 Å². The van der Waals surface area contributed by atoms with Gasteiger partial charge in [-0.3, -0.25) is 9.59 Å². The van der Waals surface area contributed by atoms with Crippen molar-refractivity contribution in [1.82, 2.24) is 9.97 Å². The lowest BCUT2D eigenvalue weighted by Crippen LogP contribution is -2.09. The Hall–Kier alpha value is -1.30. The van der Waals surface area contributed by atoms with Crippen molar-refractivity contribution in [2.45, 2.75) is 24.9 Å². The first kappa shape index (κ1) is 12.8. The second-order valence-electron chi connectivity index (χ2n) is 3.03. The first-order valence-corrected chi connectivity index (χ1v) is 6.00. The molecule has 5 nitrogen and oxygen atoms in total. The Morgan fingerprint density at radius 1 is 1.50 bits per heavy atom. The monoisotopic (exact) mass is 242 g/mol. The topological polar surface area (TPSA) is 72.1 Å². The van der Waals surface area contributed by atoms with Crippen LogP contribution in [0.2, 0.25) is 0 Å². The van der Waals surface area contributed by atoms with E-state index in [9.17, 15) is 9.59 Å². The van der Waals surface area contributed by atoms with Crippen LogP contribution >= 0.6 is 11.8 Å². The molecule has 1 aromatic heterocycles. The summed E-state index contributed by atoms with van der Waals surface area (Å²) < 4.78 is 4.73. The molecule has 1 rings (SSSR count). The van der Waals surface area contributed by atoms with Crippen molar-refractivity contribution in [2.75, 3.05) is 12.4 Å². The zero-order chi connectivity index (χ0) is 11.8. The number of hydrogen-bond donors (Lipinski definition) is 1. The highest BCUT2D eigenvalue weighted by atomic mass is 32.2. The number of carbonyl (C=O) groups is 2. The number of nitrogens with zero attached hydrogens (tertiary/aromatic N) is 1. The maximum absolute atomic E-state index is 11.4. The number of aromatic nitrogens is 2. The maximum atomic E-state index is 11.4. The third kappa shape index (κ3) is 4.97. The number of hydrogen-bond acceptors (Lipinski definition) is 5. The van der Waals surface area contributed by atoms with Crippen LogP contribution in [0.1, 0.15) is 19.8 Å².